The molecule has 1 aromatic carbocycles. The van der Waals surface area contributed by atoms with Crippen molar-refractivity contribution < 1.29 is 14.0 Å². The van der Waals surface area contributed by atoms with E-state index in [0.29, 0.717) is 35.9 Å². The van der Waals surface area contributed by atoms with Crippen LogP contribution in [0.25, 0.3) is 6.08 Å². The number of allylic oxidation sites excluding steroid dienone is 1. The Morgan fingerprint density at radius 1 is 1.24 bits per heavy atom. The van der Waals surface area contributed by atoms with Crippen LogP contribution in [-0.4, -0.2) is 23.2 Å². The molecule has 21 heavy (non-hydrogen) atoms. The number of aromatic nitrogens is 1. The summed E-state index contributed by atoms with van der Waals surface area (Å²) in [5.41, 5.74) is 1.33. The van der Waals surface area contributed by atoms with E-state index in [2.05, 4.69) is 10.3 Å². The fraction of sp³-hybridized carbons (Fsp3) is 0.188. The summed E-state index contributed by atoms with van der Waals surface area (Å²) >= 11 is 0. The molecule has 1 amide bonds. The Hall–Kier alpha value is -2.69. The molecule has 0 fully saturated rings. The zero-order valence-corrected chi connectivity index (χ0v) is 11.3. The van der Waals surface area contributed by atoms with E-state index in [4.69, 9.17) is 4.42 Å². The Morgan fingerprint density at radius 2 is 2.05 bits per heavy atom. The van der Waals surface area contributed by atoms with Gasteiger partial charge in [0.2, 0.25) is 0 Å². The van der Waals surface area contributed by atoms with E-state index in [-0.39, 0.29) is 18.1 Å². The summed E-state index contributed by atoms with van der Waals surface area (Å²) in [6.07, 6.45) is 3.92. The van der Waals surface area contributed by atoms with E-state index >= 15 is 0 Å². The predicted octanol–water partition coefficient (Wildman–Crippen LogP) is 1.79. The van der Waals surface area contributed by atoms with Gasteiger partial charge in [0.15, 0.2) is 11.7 Å². The van der Waals surface area contributed by atoms with Crippen LogP contribution in [-0.2, 0) is 17.6 Å². The quantitative estimate of drug-likeness (QED) is 0.928. The molecule has 106 valence electrons. The molecular weight excluding hydrogens is 268 g/mol. The highest BCUT2D eigenvalue weighted by Crippen LogP contribution is 2.18. The van der Waals surface area contributed by atoms with Crippen LogP contribution >= 0.6 is 0 Å². The van der Waals surface area contributed by atoms with Crippen LogP contribution in [0.1, 0.15) is 27.7 Å². The molecule has 1 aromatic heterocycles. The number of ketones is 1. The highest BCUT2D eigenvalue weighted by Gasteiger charge is 2.17. The number of benzene rings is 1. The Kier molecular flexibility index (Phi) is 3.64. The Balaban J connectivity index is 1.56. The molecule has 3 rings (SSSR count). The second kappa shape index (κ2) is 5.75. The first kappa shape index (κ1) is 13.3. The Bertz CT molecular complexity index is 702. The molecule has 0 spiro atoms. The van der Waals surface area contributed by atoms with Crippen molar-refractivity contribution in [3.63, 3.8) is 0 Å². The predicted molar refractivity (Wildman–Crippen MR) is 76.7 cm³/mol. The van der Waals surface area contributed by atoms with Gasteiger partial charge in [0.25, 0.3) is 5.91 Å². The van der Waals surface area contributed by atoms with Crippen molar-refractivity contribution in [3.05, 3.63) is 59.3 Å². The lowest BCUT2D eigenvalue weighted by Gasteiger charge is -2.03. The third-order valence-electron chi connectivity index (χ3n) is 3.19. The molecule has 0 unspecified atom stereocenters. The van der Waals surface area contributed by atoms with Gasteiger partial charge >= 0.3 is 0 Å². The summed E-state index contributed by atoms with van der Waals surface area (Å²) in [7, 11) is 0. The smallest absolute Gasteiger partial charge is 0.251 e. The minimum Gasteiger partial charge on any atom is -0.445 e. The van der Waals surface area contributed by atoms with Crippen molar-refractivity contribution in [3.8, 4) is 0 Å². The van der Waals surface area contributed by atoms with E-state index < -0.39 is 0 Å². The van der Waals surface area contributed by atoms with Crippen molar-refractivity contribution in [2.24, 2.45) is 0 Å². The summed E-state index contributed by atoms with van der Waals surface area (Å²) in [4.78, 5) is 27.4. The number of fused-ring (bicyclic) bond motifs is 1. The summed E-state index contributed by atoms with van der Waals surface area (Å²) < 4.78 is 5.53. The van der Waals surface area contributed by atoms with Gasteiger partial charge in [-0.15, -0.1) is 0 Å². The van der Waals surface area contributed by atoms with Crippen LogP contribution in [0, 0.1) is 0 Å². The maximum atomic E-state index is 11.9. The van der Waals surface area contributed by atoms with Crippen LogP contribution in [0.15, 0.2) is 40.8 Å². The summed E-state index contributed by atoms with van der Waals surface area (Å²) in [6, 6.07) is 9.02. The first-order valence-electron chi connectivity index (χ1n) is 6.75. The van der Waals surface area contributed by atoms with Gasteiger partial charge in [-0.25, -0.2) is 4.98 Å². The minimum absolute atomic E-state index is 0.0163. The number of hydrogen-bond donors (Lipinski definition) is 1. The molecule has 0 atom stereocenters. The molecule has 1 aliphatic carbocycles. The topological polar surface area (TPSA) is 72.2 Å². The van der Waals surface area contributed by atoms with Crippen molar-refractivity contribution in [1.82, 2.24) is 10.3 Å². The zero-order chi connectivity index (χ0) is 14.7. The van der Waals surface area contributed by atoms with E-state index in [9.17, 15) is 9.59 Å². The van der Waals surface area contributed by atoms with E-state index in [1.54, 1.807) is 18.2 Å². The normalized spacial score (nSPS) is 13.0. The van der Waals surface area contributed by atoms with Crippen LogP contribution in [0.4, 0.5) is 0 Å². The molecule has 0 bridgehead atoms. The lowest BCUT2D eigenvalue weighted by Crippen LogP contribution is -2.25. The number of oxazole rings is 1. The van der Waals surface area contributed by atoms with E-state index in [1.807, 2.05) is 18.2 Å². The number of nitrogens with zero attached hydrogens (tertiary/aromatic N) is 1. The molecule has 2 aromatic rings. The molecule has 0 radical (unpaired) electrons. The van der Waals surface area contributed by atoms with E-state index in [0.717, 1.165) is 0 Å². The number of hydrogen-bond acceptors (Lipinski definition) is 4. The molecular formula is C16H14N2O3. The van der Waals surface area contributed by atoms with Crippen LogP contribution in [0.3, 0.4) is 0 Å². The first-order chi connectivity index (χ1) is 10.2. The monoisotopic (exact) mass is 282 g/mol. The highest BCUT2D eigenvalue weighted by atomic mass is 16.4. The molecule has 0 saturated heterocycles. The van der Waals surface area contributed by atoms with Gasteiger partial charge in [-0.1, -0.05) is 18.2 Å². The van der Waals surface area contributed by atoms with Crippen LogP contribution < -0.4 is 5.32 Å². The van der Waals surface area contributed by atoms with Gasteiger partial charge in [0.05, 0.1) is 6.42 Å². The summed E-state index contributed by atoms with van der Waals surface area (Å²) in [5, 5.41) is 2.81. The van der Waals surface area contributed by atoms with Crippen molar-refractivity contribution >= 4 is 17.8 Å². The van der Waals surface area contributed by atoms with Crippen LogP contribution in [0.5, 0.6) is 0 Å². The van der Waals surface area contributed by atoms with E-state index in [1.165, 1.54) is 6.08 Å². The minimum atomic E-state index is -0.123. The lowest BCUT2D eigenvalue weighted by molar-refractivity contribution is -0.114. The van der Waals surface area contributed by atoms with Gasteiger partial charge in [0, 0.05) is 18.5 Å². The molecule has 1 aliphatic rings. The fourth-order valence-electron chi connectivity index (χ4n) is 2.14. The van der Waals surface area contributed by atoms with Gasteiger partial charge in [-0.05, 0) is 24.3 Å². The second-order valence-corrected chi connectivity index (χ2v) is 4.76. The average Bonchev–Trinajstić information content (AvgIpc) is 2.89. The summed E-state index contributed by atoms with van der Waals surface area (Å²) in [6.45, 7) is 0.435. The summed E-state index contributed by atoms with van der Waals surface area (Å²) in [5.74, 6) is 1.03. The average molecular weight is 282 g/mol. The van der Waals surface area contributed by atoms with Gasteiger partial charge in [0.1, 0.15) is 11.5 Å². The van der Waals surface area contributed by atoms with Gasteiger partial charge in [-0.3, -0.25) is 9.59 Å². The first-order valence-corrected chi connectivity index (χ1v) is 6.75. The zero-order valence-electron chi connectivity index (χ0n) is 11.3. The number of amides is 1. The standard InChI is InChI=1S/C16H14N2O3/c19-12-6-7-13-14(10-12)21-15(18-13)8-9-17-16(20)11-4-2-1-3-5-11/h1-7H,8-10H2,(H,17,20). The number of nitrogens with one attached hydrogen (secondary N) is 1. The molecule has 1 N–H and O–H groups in total. The Labute approximate surface area is 121 Å². The van der Waals surface area contributed by atoms with Gasteiger partial charge < -0.3 is 9.73 Å². The highest BCUT2D eigenvalue weighted by molar-refractivity contribution is 5.97. The number of carbonyl (C=O) groups excluding carboxylic acids is 2. The maximum Gasteiger partial charge on any atom is 0.251 e. The SMILES string of the molecule is O=C1C=Cc2nc(CCNC(=O)c3ccccc3)oc2C1. The lowest BCUT2D eigenvalue weighted by atomic mass is 10.1. The van der Waals surface area contributed by atoms with Crippen LogP contribution in [0.2, 0.25) is 0 Å². The number of rotatable bonds is 4. The molecule has 0 saturated carbocycles. The second-order valence-electron chi connectivity index (χ2n) is 4.76. The molecule has 0 aliphatic heterocycles. The molecule has 5 heteroatoms. The number of carbonyl (C=O) groups is 2. The third kappa shape index (κ3) is 3.08. The maximum absolute atomic E-state index is 11.9. The largest absolute Gasteiger partial charge is 0.445 e. The van der Waals surface area contributed by atoms with Crippen molar-refractivity contribution in [2.45, 2.75) is 12.8 Å². The molecule has 1 heterocycles. The van der Waals surface area contributed by atoms with Crippen molar-refractivity contribution in [2.75, 3.05) is 6.54 Å². The molecule has 5 nitrogen and oxygen atoms in total. The van der Waals surface area contributed by atoms with Gasteiger partial charge in [-0.2, -0.15) is 0 Å². The van der Waals surface area contributed by atoms with Crippen molar-refractivity contribution in [1.29, 1.82) is 0 Å². The Morgan fingerprint density at radius 3 is 2.86 bits per heavy atom. The fourth-order valence-corrected chi connectivity index (χ4v) is 2.14. The third-order valence-corrected chi connectivity index (χ3v) is 3.19.